The number of hydrogen-bond acceptors (Lipinski definition) is 5. The molecule has 0 atom stereocenters. The van der Waals surface area contributed by atoms with E-state index in [-0.39, 0.29) is 11.5 Å². The van der Waals surface area contributed by atoms with Crippen LogP contribution in [-0.2, 0) is 6.54 Å². The molecule has 0 aliphatic heterocycles. The molecule has 2 N–H and O–H groups in total. The van der Waals surface area contributed by atoms with Crippen molar-refractivity contribution in [2.75, 3.05) is 13.7 Å². The van der Waals surface area contributed by atoms with Crippen molar-refractivity contribution >= 4 is 5.78 Å². The summed E-state index contributed by atoms with van der Waals surface area (Å²) in [7, 11) is 1.53. The van der Waals surface area contributed by atoms with E-state index in [0.29, 0.717) is 24.4 Å². The first-order chi connectivity index (χ1) is 8.76. The van der Waals surface area contributed by atoms with Crippen molar-refractivity contribution in [3.05, 3.63) is 41.7 Å². The molecule has 1 heterocycles. The van der Waals surface area contributed by atoms with Crippen molar-refractivity contribution in [1.82, 2.24) is 15.0 Å². The van der Waals surface area contributed by atoms with Gasteiger partial charge in [0.25, 0.3) is 0 Å². The average molecular weight is 246 g/mol. The molecule has 6 nitrogen and oxygen atoms in total. The van der Waals surface area contributed by atoms with E-state index >= 15 is 0 Å². The zero-order valence-corrected chi connectivity index (χ0v) is 10.0. The second kappa shape index (κ2) is 5.42. The van der Waals surface area contributed by atoms with Gasteiger partial charge in [-0.2, -0.15) is 0 Å². The summed E-state index contributed by atoms with van der Waals surface area (Å²) in [6.07, 6.45) is 1.58. The third-order valence-electron chi connectivity index (χ3n) is 2.48. The van der Waals surface area contributed by atoms with Crippen molar-refractivity contribution in [1.29, 1.82) is 0 Å². The van der Waals surface area contributed by atoms with Gasteiger partial charge < -0.3 is 10.5 Å². The summed E-state index contributed by atoms with van der Waals surface area (Å²) >= 11 is 0. The molecule has 0 fully saturated rings. The van der Waals surface area contributed by atoms with Crippen molar-refractivity contribution < 1.29 is 9.53 Å². The molecule has 6 heteroatoms. The Balaban J connectivity index is 2.29. The number of carbonyl (C=O) groups excluding carboxylic acids is 1. The minimum absolute atomic E-state index is 0.212. The fourth-order valence-electron chi connectivity index (χ4n) is 1.61. The Morgan fingerprint density at radius 1 is 1.44 bits per heavy atom. The molecule has 2 aromatic rings. The number of ketones is 1. The van der Waals surface area contributed by atoms with Crippen LogP contribution in [-0.4, -0.2) is 34.4 Å². The van der Waals surface area contributed by atoms with Crippen LogP contribution in [0.15, 0.2) is 30.5 Å². The molecule has 2 rings (SSSR count). The second-order valence-electron chi connectivity index (χ2n) is 3.68. The zero-order valence-electron chi connectivity index (χ0n) is 10.0. The fraction of sp³-hybridized carbons (Fsp3) is 0.250. The number of nitrogens with zero attached hydrogens (tertiary/aromatic N) is 3. The first-order valence-electron chi connectivity index (χ1n) is 5.54. The minimum atomic E-state index is -0.212. The molecule has 0 spiro atoms. The summed E-state index contributed by atoms with van der Waals surface area (Å²) in [6.45, 7) is 0.984. The monoisotopic (exact) mass is 246 g/mol. The molecule has 0 aliphatic rings. The Labute approximate surface area is 104 Å². The first-order valence-corrected chi connectivity index (χ1v) is 5.54. The lowest BCUT2D eigenvalue weighted by atomic mass is 10.1. The van der Waals surface area contributed by atoms with Gasteiger partial charge in [-0.3, -0.25) is 9.48 Å². The van der Waals surface area contributed by atoms with E-state index in [1.54, 1.807) is 35.1 Å². The summed E-state index contributed by atoms with van der Waals surface area (Å²) in [5, 5.41) is 7.67. The Hall–Kier alpha value is -2.21. The highest BCUT2D eigenvalue weighted by Crippen LogP contribution is 2.19. The van der Waals surface area contributed by atoms with E-state index < -0.39 is 0 Å². The van der Waals surface area contributed by atoms with Crippen molar-refractivity contribution in [3.8, 4) is 5.75 Å². The lowest BCUT2D eigenvalue weighted by molar-refractivity contribution is 0.103. The normalized spacial score (nSPS) is 10.3. The molecule has 94 valence electrons. The maximum Gasteiger partial charge on any atom is 0.218 e. The van der Waals surface area contributed by atoms with Crippen LogP contribution in [0.3, 0.4) is 0 Å². The van der Waals surface area contributed by atoms with Crippen LogP contribution in [0.2, 0.25) is 0 Å². The van der Waals surface area contributed by atoms with Crippen LogP contribution in [0.5, 0.6) is 5.75 Å². The van der Waals surface area contributed by atoms with Gasteiger partial charge in [-0.1, -0.05) is 17.3 Å². The molecule has 1 aromatic heterocycles. The van der Waals surface area contributed by atoms with Crippen LogP contribution < -0.4 is 10.5 Å². The van der Waals surface area contributed by atoms with E-state index in [0.717, 1.165) is 0 Å². The van der Waals surface area contributed by atoms with Crippen molar-refractivity contribution in [2.24, 2.45) is 5.73 Å². The zero-order chi connectivity index (χ0) is 13.0. The Morgan fingerprint density at radius 3 is 2.94 bits per heavy atom. The third-order valence-corrected chi connectivity index (χ3v) is 2.48. The van der Waals surface area contributed by atoms with Crippen LogP contribution in [0.1, 0.15) is 16.1 Å². The molecule has 0 bridgehead atoms. The van der Waals surface area contributed by atoms with Crippen LogP contribution in [0, 0.1) is 0 Å². The number of rotatable bonds is 5. The van der Waals surface area contributed by atoms with Gasteiger partial charge in [-0.15, -0.1) is 5.10 Å². The summed E-state index contributed by atoms with van der Waals surface area (Å²) in [6, 6.07) is 7.02. The Kier molecular flexibility index (Phi) is 3.69. The van der Waals surface area contributed by atoms with Gasteiger partial charge in [0.05, 0.1) is 25.4 Å². The average Bonchev–Trinajstić information content (AvgIpc) is 2.87. The SMILES string of the molecule is COc1ccccc1C(=O)c1cn(CCN)nn1. The van der Waals surface area contributed by atoms with Gasteiger partial charge in [0.15, 0.2) is 5.69 Å². The fourth-order valence-corrected chi connectivity index (χ4v) is 1.61. The molecule has 0 saturated heterocycles. The molecule has 0 aliphatic carbocycles. The van der Waals surface area contributed by atoms with Crippen LogP contribution >= 0.6 is 0 Å². The molecular weight excluding hydrogens is 232 g/mol. The van der Waals surface area contributed by atoms with Gasteiger partial charge in [0, 0.05) is 6.54 Å². The highest BCUT2D eigenvalue weighted by Gasteiger charge is 2.17. The highest BCUT2D eigenvalue weighted by molar-refractivity contribution is 6.09. The van der Waals surface area contributed by atoms with Crippen molar-refractivity contribution in [2.45, 2.75) is 6.54 Å². The summed E-state index contributed by atoms with van der Waals surface area (Å²) in [4.78, 5) is 12.2. The van der Waals surface area contributed by atoms with Crippen molar-refractivity contribution in [3.63, 3.8) is 0 Å². The van der Waals surface area contributed by atoms with Crippen LogP contribution in [0.4, 0.5) is 0 Å². The number of hydrogen-bond donors (Lipinski definition) is 1. The predicted octanol–water partition coefficient (Wildman–Crippen LogP) is 0.476. The predicted molar refractivity (Wildman–Crippen MR) is 65.5 cm³/mol. The van der Waals surface area contributed by atoms with Gasteiger partial charge >= 0.3 is 0 Å². The third kappa shape index (κ3) is 2.38. The van der Waals surface area contributed by atoms with E-state index in [9.17, 15) is 4.79 Å². The molecule has 1 aromatic carbocycles. The molecule has 0 amide bonds. The maximum absolute atomic E-state index is 12.2. The number of carbonyl (C=O) groups is 1. The number of ether oxygens (including phenoxy) is 1. The molecule has 0 saturated carbocycles. The minimum Gasteiger partial charge on any atom is -0.496 e. The van der Waals surface area contributed by atoms with Crippen LogP contribution in [0.25, 0.3) is 0 Å². The number of aromatic nitrogens is 3. The number of methoxy groups -OCH3 is 1. The summed E-state index contributed by atoms with van der Waals surface area (Å²) in [5.41, 5.74) is 6.17. The molecule has 18 heavy (non-hydrogen) atoms. The quantitative estimate of drug-likeness (QED) is 0.776. The number of para-hydroxylation sites is 1. The van der Waals surface area contributed by atoms with Gasteiger partial charge in [-0.25, -0.2) is 0 Å². The lowest BCUT2D eigenvalue weighted by Crippen LogP contribution is -2.10. The molecule has 0 radical (unpaired) electrons. The maximum atomic E-state index is 12.2. The molecule has 0 unspecified atom stereocenters. The Bertz CT molecular complexity index is 551. The largest absolute Gasteiger partial charge is 0.496 e. The van der Waals surface area contributed by atoms with Gasteiger partial charge in [0.1, 0.15) is 5.75 Å². The smallest absolute Gasteiger partial charge is 0.218 e. The number of nitrogens with two attached hydrogens (primary N) is 1. The lowest BCUT2D eigenvalue weighted by Gasteiger charge is -2.04. The topological polar surface area (TPSA) is 83.0 Å². The standard InChI is InChI=1S/C12H14N4O2/c1-18-11-5-3-2-4-9(11)12(17)10-8-16(7-6-13)15-14-10/h2-5,8H,6-7,13H2,1H3. The Morgan fingerprint density at radius 2 is 2.22 bits per heavy atom. The number of benzene rings is 1. The highest BCUT2D eigenvalue weighted by atomic mass is 16.5. The van der Waals surface area contributed by atoms with E-state index in [2.05, 4.69) is 10.3 Å². The van der Waals surface area contributed by atoms with E-state index in [4.69, 9.17) is 10.5 Å². The van der Waals surface area contributed by atoms with Gasteiger partial charge in [-0.05, 0) is 12.1 Å². The molecular formula is C12H14N4O2. The van der Waals surface area contributed by atoms with Gasteiger partial charge in [0.2, 0.25) is 5.78 Å². The summed E-state index contributed by atoms with van der Waals surface area (Å²) in [5.74, 6) is 0.312. The van der Waals surface area contributed by atoms with E-state index in [1.807, 2.05) is 0 Å². The second-order valence-corrected chi connectivity index (χ2v) is 3.68. The summed E-state index contributed by atoms with van der Waals surface area (Å²) < 4.78 is 6.69. The van der Waals surface area contributed by atoms with E-state index in [1.165, 1.54) is 7.11 Å². The first kappa shape index (κ1) is 12.3.